The van der Waals surface area contributed by atoms with Crippen molar-refractivity contribution < 1.29 is 19.1 Å². The molecule has 9 nitrogen and oxygen atoms in total. The zero-order chi connectivity index (χ0) is 28.2. The number of hydrogen-bond donors (Lipinski definition) is 0. The lowest BCUT2D eigenvalue weighted by atomic mass is 9.84. The molecule has 210 valence electrons. The van der Waals surface area contributed by atoms with Gasteiger partial charge in [-0.1, -0.05) is 31.2 Å². The number of ether oxygens (including phenoxy) is 2. The van der Waals surface area contributed by atoms with E-state index in [1.54, 1.807) is 18.9 Å². The highest BCUT2D eigenvalue weighted by Crippen LogP contribution is 2.49. The number of aromatic nitrogens is 2. The first-order valence-corrected chi connectivity index (χ1v) is 14.1. The van der Waals surface area contributed by atoms with Gasteiger partial charge in [0.1, 0.15) is 11.5 Å². The normalized spacial score (nSPS) is 22.6. The monoisotopic (exact) mass is 543 g/mol. The van der Waals surface area contributed by atoms with E-state index in [2.05, 4.69) is 18.1 Å². The van der Waals surface area contributed by atoms with Crippen LogP contribution in [0.15, 0.2) is 48.2 Å². The molecule has 4 heterocycles. The van der Waals surface area contributed by atoms with Gasteiger partial charge in [0.2, 0.25) is 0 Å². The first-order valence-electron chi connectivity index (χ1n) is 14.1. The van der Waals surface area contributed by atoms with E-state index in [0.717, 1.165) is 46.3 Å². The fraction of sp³-hybridized carbons (Fsp3) is 0.452. The van der Waals surface area contributed by atoms with Crippen LogP contribution in [0.1, 0.15) is 60.6 Å². The number of amides is 3. The smallest absolute Gasteiger partial charge is 0.325 e. The number of hydrogen-bond acceptors (Lipinski definition) is 5. The Morgan fingerprint density at radius 2 is 1.93 bits per heavy atom. The molecule has 1 aromatic heterocycles. The third-order valence-corrected chi connectivity index (χ3v) is 8.97. The molecule has 0 N–H and O–H groups in total. The van der Waals surface area contributed by atoms with Gasteiger partial charge in [-0.05, 0) is 43.9 Å². The molecule has 9 heteroatoms. The average Bonchev–Trinajstić information content (AvgIpc) is 3.20. The number of para-hydroxylation sites is 1. The predicted octanol–water partition coefficient (Wildman–Crippen LogP) is 4.91. The number of carbonyl (C=O) groups is 2. The second-order valence-electron chi connectivity index (χ2n) is 11.0. The van der Waals surface area contributed by atoms with Crippen LogP contribution in [0.4, 0.5) is 4.79 Å². The third-order valence-electron chi connectivity index (χ3n) is 8.97. The Labute approximate surface area is 234 Å². The molecule has 6 rings (SSSR count). The van der Waals surface area contributed by atoms with Gasteiger partial charge < -0.3 is 19.3 Å². The molecule has 0 saturated carbocycles. The summed E-state index contributed by atoms with van der Waals surface area (Å²) in [6.07, 6.45) is 4.52. The van der Waals surface area contributed by atoms with Crippen molar-refractivity contribution in [3.8, 4) is 11.5 Å². The van der Waals surface area contributed by atoms with Crippen LogP contribution in [0, 0.1) is 0 Å². The summed E-state index contributed by atoms with van der Waals surface area (Å²) in [7, 11) is 5.19. The Hall–Kier alpha value is -4.01. The number of benzene rings is 2. The fourth-order valence-corrected chi connectivity index (χ4v) is 7.11. The van der Waals surface area contributed by atoms with Crippen molar-refractivity contribution >= 4 is 22.8 Å². The average molecular weight is 544 g/mol. The predicted molar refractivity (Wildman–Crippen MR) is 153 cm³/mol. The van der Waals surface area contributed by atoms with E-state index < -0.39 is 5.54 Å². The number of urea groups is 1. The molecule has 0 bridgehead atoms. The Balaban J connectivity index is 1.35. The molecule has 0 aliphatic carbocycles. The number of fused-ring (bicyclic) bond motifs is 4. The van der Waals surface area contributed by atoms with E-state index in [9.17, 15) is 9.59 Å². The number of carbonyl (C=O) groups excluding carboxylic acids is 2. The lowest BCUT2D eigenvalue weighted by Crippen LogP contribution is -2.47. The van der Waals surface area contributed by atoms with Gasteiger partial charge in [-0.25, -0.2) is 4.79 Å². The Bertz CT molecular complexity index is 1530. The summed E-state index contributed by atoms with van der Waals surface area (Å²) in [6.45, 7) is 6.45. The number of allylic oxidation sites excluding steroid dienone is 1. The maximum absolute atomic E-state index is 14.0. The van der Waals surface area contributed by atoms with Crippen LogP contribution < -0.4 is 9.47 Å². The Morgan fingerprint density at radius 1 is 1.12 bits per heavy atom. The summed E-state index contributed by atoms with van der Waals surface area (Å²) in [5.41, 5.74) is 4.12. The summed E-state index contributed by atoms with van der Waals surface area (Å²) in [4.78, 5) is 33.7. The highest BCUT2D eigenvalue weighted by atomic mass is 16.5. The molecule has 40 heavy (non-hydrogen) atoms. The number of nitrogens with zero attached hydrogens (tertiary/aromatic N) is 5. The molecule has 2 aromatic carbocycles. The maximum atomic E-state index is 14.0. The summed E-state index contributed by atoms with van der Waals surface area (Å²) in [6, 6.07) is 11.8. The van der Waals surface area contributed by atoms with Gasteiger partial charge in [-0.15, -0.1) is 0 Å². The summed E-state index contributed by atoms with van der Waals surface area (Å²) in [5.74, 6) is 1.48. The second-order valence-corrected chi connectivity index (χ2v) is 11.0. The minimum absolute atomic E-state index is 0.0195. The van der Waals surface area contributed by atoms with E-state index in [4.69, 9.17) is 9.47 Å². The molecule has 0 radical (unpaired) electrons. The second kappa shape index (κ2) is 9.87. The van der Waals surface area contributed by atoms with Crippen LogP contribution in [0.5, 0.6) is 11.5 Å². The lowest BCUT2D eigenvalue weighted by molar-refractivity contribution is 0.0750. The van der Waals surface area contributed by atoms with Gasteiger partial charge in [0.15, 0.2) is 5.69 Å². The first-order chi connectivity index (χ1) is 19.3. The van der Waals surface area contributed by atoms with Crippen molar-refractivity contribution in [1.82, 2.24) is 24.5 Å². The summed E-state index contributed by atoms with van der Waals surface area (Å²) >= 11 is 0. The molecule has 3 aliphatic rings. The Kier molecular flexibility index (Phi) is 6.47. The number of methoxy groups -OCH3 is 2. The van der Waals surface area contributed by atoms with Crippen LogP contribution in [0.3, 0.4) is 0 Å². The Morgan fingerprint density at radius 3 is 2.67 bits per heavy atom. The van der Waals surface area contributed by atoms with Crippen molar-refractivity contribution in [3.63, 3.8) is 0 Å². The highest BCUT2D eigenvalue weighted by molar-refractivity contribution is 6.04. The lowest BCUT2D eigenvalue weighted by Gasteiger charge is -2.37. The zero-order valence-corrected chi connectivity index (χ0v) is 23.9. The molecule has 2 atom stereocenters. The summed E-state index contributed by atoms with van der Waals surface area (Å²) in [5, 5.41) is 5.46. The van der Waals surface area contributed by atoms with Crippen molar-refractivity contribution in [1.29, 1.82) is 0 Å². The van der Waals surface area contributed by atoms with Crippen LogP contribution in [-0.4, -0.2) is 75.8 Å². The van der Waals surface area contributed by atoms with E-state index in [0.29, 0.717) is 44.0 Å². The molecular formula is C31H37N5O4. The zero-order valence-electron chi connectivity index (χ0n) is 23.9. The minimum atomic E-state index is -0.472. The van der Waals surface area contributed by atoms with E-state index >= 15 is 0 Å². The van der Waals surface area contributed by atoms with Crippen LogP contribution in [-0.2, 0) is 13.6 Å². The van der Waals surface area contributed by atoms with Gasteiger partial charge >= 0.3 is 6.03 Å². The van der Waals surface area contributed by atoms with E-state index in [1.165, 1.54) is 0 Å². The summed E-state index contributed by atoms with van der Waals surface area (Å²) < 4.78 is 13.1. The third kappa shape index (κ3) is 3.85. The standard InChI is InChI=1S/C31H37N5O4/c1-6-36-30(38)35-19-21-17-22(39-4)18-25(40-5)27(21)20(2)16-26(35)31(36)12-9-14-34(15-13-31)29(37)28-23-10-7-8-11-24(23)33(3)32-28/h7-8,10-11,16-18,20H,6,9,12-15,19H2,1-5H3/t20-,31?/m0/s1. The molecule has 3 aromatic rings. The van der Waals surface area contributed by atoms with Crippen molar-refractivity contribution in [2.45, 2.75) is 51.1 Å². The largest absolute Gasteiger partial charge is 0.497 e. The van der Waals surface area contributed by atoms with E-state index in [1.807, 2.05) is 65.1 Å². The van der Waals surface area contributed by atoms with Gasteiger partial charge in [0.05, 0.1) is 31.8 Å². The van der Waals surface area contributed by atoms with Gasteiger partial charge in [-0.3, -0.25) is 14.4 Å². The van der Waals surface area contributed by atoms with Crippen LogP contribution in [0.2, 0.25) is 0 Å². The highest BCUT2D eigenvalue weighted by Gasteiger charge is 2.54. The number of likely N-dealkylation sites (tertiary alicyclic amines) is 1. The molecule has 2 saturated heterocycles. The fourth-order valence-electron chi connectivity index (χ4n) is 7.11. The topological polar surface area (TPSA) is 80.1 Å². The van der Waals surface area contributed by atoms with E-state index in [-0.39, 0.29) is 17.9 Å². The van der Waals surface area contributed by atoms with Crippen LogP contribution >= 0.6 is 0 Å². The first kappa shape index (κ1) is 26.2. The molecular weight excluding hydrogens is 506 g/mol. The minimum Gasteiger partial charge on any atom is -0.497 e. The van der Waals surface area contributed by atoms with Gasteiger partial charge in [-0.2, -0.15) is 5.10 Å². The molecule has 3 aliphatic heterocycles. The molecule has 1 spiro atoms. The van der Waals surface area contributed by atoms with Crippen molar-refractivity contribution in [3.05, 3.63) is 65.0 Å². The SMILES string of the molecule is CCN1C(=O)N2Cc3cc(OC)cc(OC)c3[C@@H](C)C=C2C12CCCN(C(=O)c1nn(C)c3ccccc13)CC2. The van der Waals surface area contributed by atoms with Crippen molar-refractivity contribution in [2.24, 2.45) is 7.05 Å². The van der Waals surface area contributed by atoms with Gasteiger partial charge in [0, 0.05) is 55.3 Å². The van der Waals surface area contributed by atoms with Gasteiger partial charge in [0.25, 0.3) is 5.91 Å². The quantitative estimate of drug-likeness (QED) is 0.467. The molecule has 1 unspecified atom stereocenters. The molecule has 3 amide bonds. The van der Waals surface area contributed by atoms with Crippen molar-refractivity contribution in [2.75, 3.05) is 33.9 Å². The number of rotatable bonds is 4. The number of likely N-dealkylation sites (N-methyl/N-ethyl adjacent to an activating group) is 1. The maximum Gasteiger partial charge on any atom is 0.325 e. The number of aryl methyl sites for hydroxylation is 1. The molecule has 2 fully saturated rings. The van der Waals surface area contributed by atoms with Crippen LogP contribution in [0.25, 0.3) is 10.9 Å².